The van der Waals surface area contributed by atoms with E-state index in [1.165, 1.54) is 12.1 Å². The van der Waals surface area contributed by atoms with Gasteiger partial charge in [0, 0.05) is 11.8 Å². The largest absolute Gasteiger partial charge is 0.416 e. The maximum atomic E-state index is 12.9. The van der Waals surface area contributed by atoms with Gasteiger partial charge < -0.3 is 10.5 Å². The molecule has 0 atom stereocenters. The van der Waals surface area contributed by atoms with Crippen LogP contribution in [0.4, 0.5) is 13.2 Å². The molecule has 0 aliphatic rings. The first kappa shape index (κ1) is 21.1. The number of ether oxygens (including phenoxy) is 1. The van der Waals surface area contributed by atoms with Crippen molar-refractivity contribution in [3.8, 4) is 11.8 Å². The average Bonchev–Trinajstić information content (AvgIpc) is 3.03. The summed E-state index contributed by atoms with van der Waals surface area (Å²) < 4.78 is 45.8. The fourth-order valence-corrected chi connectivity index (χ4v) is 2.71. The van der Waals surface area contributed by atoms with Crippen molar-refractivity contribution in [2.45, 2.75) is 19.2 Å². The third kappa shape index (κ3) is 5.24. The monoisotopic (exact) mass is 414 g/mol. The Labute approximate surface area is 170 Å². The molecule has 9 heteroatoms. The molecule has 30 heavy (non-hydrogen) atoms. The highest BCUT2D eigenvalue weighted by molar-refractivity contribution is 5.99. The number of nitrogens with two attached hydrogens (primary N) is 1. The molecule has 0 aliphatic carbocycles. The number of Topliss-reactive ketones (excluding diaryl/α,β-unsaturated/α-hetero) is 1. The first-order valence-electron chi connectivity index (χ1n) is 8.81. The topological polar surface area (TPSA) is 93.5 Å². The molecule has 0 saturated heterocycles. The average molecular weight is 414 g/mol. The molecule has 3 aromatic rings. The number of pyridine rings is 1. The van der Waals surface area contributed by atoms with E-state index in [-0.39, 0.29) is 36.8 Å². The van der Waals surface area contributed by atoms with Gasteiger partial charge in [-0.25, -0.2) is 4.98 Å². The van der Waals surface area contributed by atoms with Crippen LogP contribution in [0.1, 0.15) is 28.9 Å². The van der Waals surface area contributed by atoms with E-state index in [9.17, 15) is 18.0 Å². The standard InChI is InChI=1S/C21H17F3N4O2/c22-21(23,24)15-5-3-4-14(10-15)7-8-18-17(13-30-12-16(29)11-19(25)26)27-20-6-1-2-9-28(18)20/h1-6,9-10H,11-13H2,(H3,25,26). The number of fused-ring (bicyclic) bond motifs is 1. The summed E-state index contributed by atoms with van der Waals surface area (Å²) in [6, 6.07) is 10.1. The molecule has 1 aromatic carbocycles. The number of hydrogen-bond donors (Lipinski definition) is 2. The van der Waals surface area contributed by atoms with Crippen molar-refractivity contribution in [1.29, 1.82) is 5.41 Å². The number of aromatic nitrogens is 2. The van der Waals surface area contributed by atoms with E-state index in [2.05, 4.69) is 16.8 Å². The molecule has 2 heterocycles. The fraction of sp³-hybridized carbons (Fsp3) is 0.190. The summed E-state index contributed by atoms with van der Waals surface area (Å²) in [5.74, 6) is 5.01. The molecule has 0 bridgehead atoms. The van der Waals surface area contributed by atoms with Gasteiger partial charge in [-0.05, 0) is 36.3 Å². The molecular formula is C21H17F3N4O2. The van der Waals surface area contributed by atoms with E-state index >= 15 is 0 Å². The van der Waals surface area contributed by atoms with Crippen LogP contribution in [0.25, 0.3) is 5.65 Å². The van der Waals surface area contributed by atoms with Crippen molar-refractivity contribution in [3.05, 3.63) is 71.2 Å². The van der Waals surface area contributed by atoms with Crippen molar-refractivity contribution in [2.75, 3.05) is 6.61 Å². The van der Waals surface area contributed by atoms with Gasteiger partial charge in [-0.1, -0.05) is 18.1 Å². The van der Waals surface area contributed by atoms with Gasteiger partial charge in [-0.15, -0.1) is 0 Å². The quantitative estimate of drug-likeness (QED) is 0.368. The van der Waals surface area contributed by atoms with Crippen LogP contribution in [0.3, 0.4) is 0 Å². The zero-order valence-corrected chi connectivity index (χ0v) is 15.7. The summed E-state index contributed by atoms with van der Waals surface area (Å²) in [7, 11) is 0. The highest BCUT2D eigenvalue weighted by Crippen LogP contribution is 2.29. The number of hydrogen-bond acceptors (Lipinski definition) is 4. The number of imidazole rings is 1. The number of rotatable bonds is 6. The van der Waals surface area contributed by atoms with Crippen molar-refractivity contribution in [1.82, 2.24) is 9.38 Å². The van der Waals surface area contributed by atoms with E-state index in [0.29, 0.717) is 17.0 Å². The van der Waals surface area contributed by atoms with Crippen LogP contribution in [0.2, 0.25) is 0 Å². The predicted octanol–water partition coefficient (Wildman–Crippen LogP) is 3.16. The van der Waals surface area contributed by atoms with Crippen molar-refractivity contribution in [2.24, 2.45) is 5.73 Å². The summed E-state index contributed by atoms with van der Waals surface area (Å²) >= 11 is 0. The smallest absolute Gasteiger partial charge is 0.387 e. The zero-order chi connectivity index (χ0) is 21.7. The highest BCUT2D eigenvalue weighted by atomic mass is 19.4. The lowest BCUT2D eigenvalue weighted by molar-refractivity contribution is -0.137. The Morgan fingerprint density at radius 3 is 2.73 bits per heavy atom. The second-order valence-corrected chi connectivity index (χ2v) is 6.40. The van der Waals surface area contributed by atoms with Crippen molar-refractivity contribution in [3.63, 3.8) is 0 Å². The van der Waals surface area contributed by atoms with Crippen LogP contribution in [0, 0.1) is 17.3 Å². The van der Waals surface area contributed by atoms with Crippen LogP contribution >= 0.6 is 0 Å². The third-order valence-electron chi connectivity index (χ3n) is 4.01. The molecule has 0 aliphatic heterocycles. The molecule has 0 radical (unpaired) electrons. The van der Waals surface area contributed by atoms with Gasteiger partial charge in [0.05, 0.1) is 24.4 Å². The van der Waals surface area contributed by atoms with Gasteiger partial charge >= 0.3 is 6.18 Å². The Hall–Kier alpha value is -3.64. The molecule has 0 spiro atoms. The van der Waals surface area contributed by atoms with Crippen molar-refractivity contribution < 1.29 is 22.7 Å². The molecule has 0 saturated carbocycles. The van der Waals surface area contributed by atoms with Gasteiger partial charge in [0.2, 0.25) is 0 Å². The molecule has 6 nitrogen and oxygen atoms in total. The molecule has 0 fully saturated rings. The second-order valence-electron chi connectivity index (χ2n) is 6.40. The lowest BCUT2D eigenvalue weighted by Gasteiger charge is -2.05. The molecule has 2 aromatic heterocycles. The minimum Gasteiger partial charge on any atom is -0.387 e. The van der Waals surface area contributed by atoms with E-state index in [1.807, 2.05) is 0 Å². The number of ketones is 1. The number of benzene rings is 1. The lowest BCUT2D eigenvalue weighted by Crippen LogP contribution is -2.19. The zero-order valence-electron chi connectivity index (χ0n) is 15.7. The van der Waals surface area contributed by atoms with Crippen LogP contribution in [-0.2, 0) is 22.3 Å². The first-order chi connectivity index (χ1) is 14.2. The Morgan fingerprint density at radius 2 is 2.00 bits per heavy atom. The number of nitrogens with one attached hydrogen (secondary N) is 1. The maximum absolute atomic E-state index is 12.9. The minimum atomic E-state index is -4.45. The number of halogens is 3. The van der Waals surface area contributed by atoms with E-state index < -0.39 is 11.7 Å². The number of carbonyl (C=O) groups excluding carboxylic acids is 1. The Morgan fingerprint density at radius 1 is 1.20 bits per heavy atom. The highest BCUT2D eigenvalue weighted by Gasteiger charge is 2.30. The molecule has 154 valence electrons. The summed E-state index contributed by atoms with van der Waals surface area (Å²) in [6.45, 7) is -0.272. The van der Waals surface area contributed by atoms with Crippen LogP contribution in [0.15, 0.2) is 48.7 Å². The summed E-state index contributed by atoms with van der Waals surface area (Å²) in [5.41, 5.74) is 6.09. The van der Waals surface area contributed by atoms with Crippen molar-refractivity contribution >= 4 is 17.3 Å². The Kier molecular flexibility index (Phi) is 6.18. The van der Waals surface area contributed by atoms with E-state index in [4.69, 9.17) is 15.9 Å². The van der Waals surface area contributed by atoms with E-state index in [0.717, 1.165) is 12.1 Å². The Balaban J connectivity index is 1.87. The second kappa shape index (κ2) is 8.80. The SMILES string of the molecule is N=C(N)CC(=O)COCc1nc2ccccn2c1C#Cc1cccc(C(F)(F)F)c1. The summed E-state index contributed by atoms with van der Waals surface area (Å²) in [4.78, 5) is 16.0. The number of amidine groups is 1. The summed E-state index contributed by atoms with van der Waals surface area (Å²) in [6.07, 6.45) is -2.93. The Bertz CT molecular complexity index is 1160. The van der Waals surface area contributed by atoms with Crippen LogP contribution in [0.5, 0.6) is 0 Å². The molecule has 3 N–H and O–H groups in total. The minimum absolute atomic E-state index is 0.0298. The molecule has 0 amide bonds. The van der Waals surface area contributed by atoms with Gasteiger partial charge in [0.1, 0.15) is 23.6 Å². The lowest BCUT2D eigenvalue weighted by atomic mass is 10.1. The van der Waals surface area contributed by atoms with Gasteiger partial charge in [0.25, 0.3) is 0 Å². The molecule has 3 rings (SSSR count). The summed E-state index contributed by atoms with van der Waals surface area (Å²) in [5, 5.41) is 7.12. The molecule has 0 unspecified atom stereocenters. The number of alkyl halides is 3. The van der Waals surface area contributed by atoms with Gasteiger partial charge in [-0.3, -0.25) is 14.6 Å². The third-order valence-corrected chi connectivity index (χ3v) is 4.01. The first-order valence-corrected chi connectivity index (χ1v) is 8.81. The van der Waals surface area contributed by atoms with Gasteiger partial charge in [-0.2, -0.15) is 13.2 Å². The normalized spacial score (nSPS) is 11.2. The predicted molar refractivity (Wildman–Crippen MR) is 104 cm³/mol. The van der Waals surface area contributed by atoms with Gasteiger partial charge in [0.15, 0.2) is 5.78 Å². The number of carbonyl (C=O) groups is 1. The van der Waals surface area contributed by atoms with Crippen LogP contribution < -0.4 is 5.73 Å². The number of nitrogens with zero attached hydrogens (tertiary/aromatic N) is 2. The van der Waals surface area contributed by atoms with Crippen LogP contribution in [-0.4, -0.2) is 27.6 Å². The van der Waals surface area contributed by atoms with E-state index in [1.54, 1.807) is 28.8 Å². The fourth-order valence-electron chi connectivity index (χ4n) is 2.71. The molecular weight excluding hydrogens is 397 g/mol. The maximum Gasteiger partial charge on any atom is 0.416 e.